The Hall–Kier alpha value is -4.21. The molecular weight excluding hydrogens is 568 g/mol. The molecule has 0 spiro atoms. The lowest BCUT2D eigenvalue weighted by Crippen LogP contribution is -2.53. The first kappa shape index (κ1) is 30.3. The van der Waals surface area contributed by atoms with Gasteiger partial charge in [-0.3, -0.25) is 19.2 Å². The number of halogens is 1. The van der Waals surface area contributed by atoms with E-state index in [1.54, 1.807) is 30.9 Å². The number of anilines is 1. The van der Waals surface area contributed by atoms with E-state index in [1.807, 2.05) is 54.6 Å². The summed E-state index contributed by atoms with van der Waals surface area (Å²) in [5.41, 5.74) is 3.56. The second kappa shape index (κ2) is 13.0. The third-order valence-corrected chi connectivity index (χ3v) is 8.19. The first-order valence-electron chi connectivity index (χ1n) is 14.4. The van der Waals surface area contributed by atoms with Crippen molar-refractivity contribution >= 4 is 41.0 Å². The van der Waals surface area contributed by atoms with Gasteiger partial charge in [0.1, 0.15) is 19.2 Å². The Morgan fingerprint density at radius 2 is 1.67 bits per heavy atom. The Labute approximate surface area is 255 Å². The van der Waals surface area contributed by atoms with Crippen molar-refractivity contribution in [1.29, 1.82) is 0 Å². The zero-order chi connectivity index (χ0) is 30.6. The average Bonchev–Trinajstić information content (AvgIpc) is 3.12. The molecule has 0 fully saturated rings. The summed E-state index contributed by atoms with van der Waals surface area (Å²) in [5, 5.41) is 9.36. The first-order valence-corrected chi connectivity index (χ1v) is 14.7. The second-order valence-electron chi connectivity index (χ2n) is 11.4. The standard InChI is InChI=1S/C33H35ClN4O5/c1-33(2)20-35-16-17-43-29(39)18-36-30(40)24-7-4-3-6-23(24)22-12-10-21(11-13-22)19-38-28-9-5-8-26(34)25(28)14-15-27(31(38)41)37-32(33)42/h3-13,27,35H,14-20H2,1-2H3,(H,36,40)(H,37,42)/t27-/m1/s1. The Morgan fingerprint density at radius 1 is 0.930 bits per heavy atom. The van der Waals surface area contributed by atoms with E-state index < -0.39 is 17.4 Å². The Kier molecular flexibility index (Phi) is 9.13. The third kappa shape index (κ3) is 6.89. The number of ether oxygens (including phenoxy) is 1. The third-order valence-electron chi connectivity index (χ3n) is 7.83. The van der Waals surface area contributed by atoms with Crippen LogP contribution >= 0.6 is 11.6 Å². The normalized spacial score (nSPS) is 19.9. The molecule has 0 aromatic heterocycles. The Balaban J connectivity index is 1.50. The number of rotatable bonds is 0. The van der Waals surface area contributed by atoms with Gasteiger partial charge < -0.3 is 25.6 Å². The summed E-state index contributed by atoms with van der Waals surface area (Å²) < 4.78 is 5.25. The van der Waals surface area contributed by atoms with E-state index in [4.69, 9.17) is 16.3 Å². The summed E-state index contributed by atoms with van der Waals surface area (Å²) in [5.74, 6) is -1.42. The molecule has 0 saturated heterocycles. The van der Waals surface area contributed by atoms with Crippen LogP contribution in [0.15, 0.2) is 66.7 Å². The lowest BCUT2D eigenvalue weighted by molar-refractivity contribution is -0.142. The zero-order valence-corrected chi connectivity index (χ0v) is 25.0. The summed E-state index contributed by atoms with van der Waals surface area (Å²) in [6, 6.07) is 19.6. The lowest BCUT2D eigenvalue weighted by atomic mass is 9.91. The van der Waals surface area contributed by atoms with Gasteiger partial charge in [-0.1, -0.05) is 60.1 Å². The molecule has 224 valence electrons. The molecule has 3 aromatic carbocycles. The molecule has 3 aliphatic heterocycles. The molecule has 3 aromatic rings. The SMILES string of the molecule is CC1(C)CNCCOC(=O)CNC(=O)c2ccccc2-c2ccc(cc2)CN2C(=O)[C@@H](CCc3c(Cl)cccc32)NC1=O. The Bertz CT molecular complexity index is 1540. The van der Waals surface area contributed by atoms with Gasteiger partial charge in [-0.2, -0.15) is 0 Å². The van der Waals surface area contributed by atoms with E-state index in [1.165, 1.54) is 0 Å². The minimum atomic E-state index is -0.847. The highest BCUT2D eigenvalue weighted by Crippen LogP contribution is 2.34. The second-order valence-corrected chi connectivity index (χ2v) is 11.8. The van der Waals surface area contributed by atoms with Gasteiger partial charge in [0.2, 0.25) is 11.8 Å². The number of nitrogens with one attached hydrogen (secondary N) is 3. The van der Waals surface area contributed by atoms with Gasteiger partial charge >= 0.3 is 5.97 Å². The van der Waals surface area contributed by atoms with Crippen LogP contribution in [0.2, 0.25) is 5.02 Å². The van der Waals surface area contributed by atoms with Crippen molar-refractivity contribution in [1.82, 2.24) is 16.0 Å². The fourth-order valence-electron chi connectivity index (χ4n) is 5.34. The number of hydrogen-bond donors (Lipinski definition) is 3. The molecule has 0 unspecified atom stereocenters. The maximum Gasteiger partial charge on any atom is 0.325 e. The number of fused-ring (bicyclic) bond motifs is 14. The largest absolute Gasteiger partial charge is 0.463 e. The number of amides is 3. The number of carbonyl (C=O) groups is 4. The van der Waals surface area contributed by atoms with Crippen LogP contribution in [0, 0.1) is 5.41 Å². The van der Waals surface area contributed by atoms with Gasteiger partial charge in [0.25, 0.3) is 5.91 Å². The van der Waals surface area contributed by atoms with Crippen molar-refractivity contribution in [2.24, 2.45) is 5.41 Å². The van der Waals surface area contributed by atoms with E-state index in [2.05, 4.69) is 16.0 Å². The molecule has 43 heavy (non-hydrogen) atoms. The van der Waals surface area contributed by atoms with Gasteiger partial charge in [-0.05, 0) is 67.1 Å². The average molecular weight is 603 g/mol. The van der Waals surface area contributed by atoms with Crippen molar-refractivity contribution in [3.8, 4) is 11.1 Å². The maximum absolute atomic E-state index is 14.0. The summed E-state index contributed by atoms with van der Waals surface area (Å²) in [4.78, 5) is 54.4. The molecule has 9 nitrogen and oxygen atoms in total. The minimum Gasteiger partial charge on any atom is -0.463 e. The van der Waals surface area contributed by atoms with Crippen molar-refractivity contribution in [2.45, 2.75) is 39.3 Å². The fourth-order valence-corrected chi connectivity index (χ4v) is 5.60. The van der Waals surface area contributed by atoms with E-state index in [0.717, 1.165) is 22.4 Å². The first-order chi connectivity index (χ1) is 20.6. The molecule has 4 bridgehead atoms. The molecule has 3 aliphatic rings. The number of benzene rings is 3. The van der Waals surface area contributed by atoms with E-state index >= 15 is 0 Å². The predicted molar refractivity (Wildman–Crippen MR) is 165 cm³/mol. The molecule has 6 rings (SSSR count). The molecule has 10 heteroatoms. The van der Waals surface area contributed by atoms with Crippen LogP contribution in [0.1, 0.15) is 41.8 Å². The van der Waals surface area contributed by atoms with Crippen molar-refractivity contribution in [3.05, 3.63) is 88.4 Å². The van der Waals surface area contributed by atoms with Crippen molar-refractivity contribution in [3.63, 3.8) is 0 Å². The highest BCUT2D eigenvalue weighted by Gasteiger charge is 2.36. The summed E-state index contributed by atoms with van der Waals surface area (Å²) in [6.45, 7) is 4.28. The van der Waals surface area contributed by atoms with E-state index in [9.17, 15) is 19.2 Å². The van der Waals surface area contributed by atoms with Crippen molar-refractivity contribution < 1.29 is 23.9 Å². The molecular formula is C33H35ClN4O5. The van der Waals surface area contributed by atoms with Crippen LogP contribution in [-0.4, -0.2) is 56.0 Å². The van der Waals surface area contributed by atoms with Gasteiger partial charge in [0, 0.05) is 29.4 Å². The summed E-state index contributed by atoms with van der Waals surface area (Å²) >= 11 is 6.60. The molecule has 0 radical (unpaired) electrons. The number of hydrogen-bond acceptors (Lipinski definition) is 6. The highest BCUT2D eigenvalue weighted by molar-refractivity contribution is 6.32. The highest BCUT2D eigenvalue weighted by atomic mass is 35.5. The monoisotopic (exact) mass is 602 g/mol. The number of esters is 1. The number of nitrogens with zero attached hydrogens (tertiary/aromatic N) is 1. The van der Waals surface area contributed by atoms with E-state index in [0.29, 0.717) is 42.1 Å². The smallest absolute Gasteiger partial charge is 0.325 e. The number of carbonyl (C=O) groups excluding carboxylic acids is 4. The van der Waals surface area contributed by atoms with Crippen LogP contribution in [0.4, 0.5) is 5.69 Å². The lowest BCUT2D eigenvalue weighted by Gasteiger charge is -2.30. The van der Waals surface area contributed by atoms with Gasteiger partial charge in [-0.25, -0.2) is 0 Å². The van der Waals surface area contributed by atoms with Gasteiger partial charge in [0.15, 0.2) is 0 Å². The van der Waals surface area contributed by atoms with Gasteiger partial charge in [-0.15, -0.1) is 0 Å². The maximum atomic E-state index is 14.0. The van der Waals surface area contributed by atoms with E-state index in [-0.39, 0.29) is 37.4 Å². The van der Waals surface area contributed by atoms with Crippen LogP contribution < -0.4 is 20.9 Å². The van der Waals surface area contributed by atoms with Crippen molar-refractivity contribution in [2.75, 3.05) is 31.1 Å². The van der Waals surface area contributed by atoms with Crippen LogP contribution in [0.3, 0.4) is 0 Å². The molecule has 0 saturated carbocycles. The topological polar surface area (TPSA) is 117 Å². The molecule has 3 heterocycles. The molecule has 3 N–H and O–H groups in total. The van der Waals surface area contributed by atoms with Crippen LogP contribution in [0.5, 0.6) is 0 Å². The predicted octanol–water partition coefficient (Wildman–Crippen LogP) is 3.87. The molecule has 0 aliphatic carbocycles. The quantitative estimate of drug-likeness (QED) is 0.266. The summed E-state index contributed by atoms with van der Waals surface area (Å²) in [7, 11) is 0. The minimum absolute atomic E-state index is 0.0738. The fraction of sp³-hybridized carbons (Fsp3) is 0.333. The van der Waals surface area contributed by atoms with Gasteiger partial charge in [0.05, 0.1) is 12.0 Å². The molecule has 3 amide bonds. The summed E-state index contributed by atoms with van der Waals surface area (Å²) in [6.07, 6.45) is 0.944. The van der Waals surface area contributed by atoms with Crippen LogP contribution in [-0.2, 0) is 32.1 Å². The Morgan fingerprint density at radius 3 is 2.44 bits per heavy atom. The zero-order valence-electron chi connectivity index (χ0n) is 24.2. The molecule has 1 atom stereocenters. The van der Waals surface area contributed by atoms with Crippen LogP contribution in [0.25, 0.3) is 11.1 Å².